The van der Waals surface area contributed by atoms with Crippen LogP contribution in [0.3, 0.4) is 0 Å². The summed E-state index contributed by atoms with van der Waals surface area (Å²) in [6, 6.07) is 12.0. The Labute approximate surface area is 103 Å². The van der Waals surface area contributed by atoms with Crippen molar-refractivity contribution in [2.24, 2.45) is 0 Å². The molecule has 0 aliphatic rings. The fourth-order valence-corrected chi connectivity index (χ4v) is 1.79. The zero-order valence-electron chi connectivity index (χ0n) is 8.89. The SMILES string of the molecule is O=C(c1ccc[nH]c1=O)C(Cl)c1ccccc1. The lowest BCUT2D eigenvalue weighted by molar-refractivity contribution is 0.0985. The van der Waals surface area contributed by atoms with Gasteiger partial charge in [0, 0.05) is 6.20 Å². The minimum absolute atomic E-state index is 0.0800. The number of carbonyl (C=O) groups is 1. The number of nitrogens with one attached hydrogen (secondary N) is 1. The van der Waals surface area contributed by atoms with E-state index in [0.29, 0.717) is 5.56 Å². The number of alkyl halides is 1. The van der Waals surface area contributed by atoms with E-state index in [4.69, 9.17) is 11.6 Å². The van der Waals surface area contributed by atoms with E-state index in [2.05, 4.69) is 4.98 Å². The van der Waals surface area contributed by atoms with Crippen molar-refractivity contribution in [1.82, 2.24) is 4.98 Å². The van der Waals surface area contributed by atoms with E-state index in [1.54, 1.807) is 30.3 Å². The van der Waals surface area contributed by atoms with E-state index < -0.39 is 10.9 Å². The summed E-state index contributed by atoms with van der Waals surface area (Å²) in [4.78, 5) is 25.9. The number of ketones is 1. The first-order valence-electron chi connectivity index (χ1n) is 5.11. The molecule has 86 valence electrons. The Morgan fingerprint density at radius 1 is 1.12 bits per heavy atom. The number of Topliss-reactive ketones (excluding diaryl/α,β-unsaturated/α-hetero) is 1. The Bertz CT molecular complexity index is 577. The van der Waals surface area contributed by atoms with Gasteiger partial charge in [-0.15, -0.1) is 11.6 Å². The predicted octanol–water partition coefficient (Wildman–Crippen LogP) is 2.54. The van der Waals surface area contributed by atoms with Crippen LogP contribution in [-0.4, -0.2) is 10.8 Å². The molecular weight excluding hydrogens is 238 g/mol. The number of halogens is 1. The smallest absolute Gasteiger partial charge is 0.258 e. The van der Waals surface area contributed by atoms with Gasteiger partial charge in [-0.25, -0.2) is 0 Å². The highest BCUT2D eigenvalue weighted by Gasteiger charge is 2.21. The molecule has 0 saturated carbocycles. The van der Waals surface area contributed by atoms with Crippen molar-refractivity contribution in [3.05, 3.63) is 70.1 Å². The maximum absolute atomic E-state index is 12.0. The molecule has 0 aliphatic carbocycles. The molecule has 17 heavy (non-hydrogen) atoms. The third-order valence-corrected chi connectivity index (χ3v) is 2.86. The normalized spacial score (nSPS) is 12.1. The van der Waals surface area contributed by atoms with Crippen LogP contribution in [0.15, 0.2) is 53.5 Å². The van der Waals surface area contributed by atoms with E-state index >= 15 is 0 Å². The third kappa shape index (κ3) is 2.45. The average Bonchev–Trinajstić information content (AvgIpc) is 2.39. The van der Waals surface area contributed by atoms with Gasteiger partial charge >= 0.3 is 0 Å². The number of rotatable bonds is 3. The maximum atomic E-state index is 12.0. The first-order valence-corrected chi connectivity index (χ1v) is 5.54. The highest BCUT2D eigenvalue weighted by atomic mass is 35.5. The summed E-state index contributed by atoms with van der Waals surface area (Å²) in [7, 11) is 0. The summed E-state index contributed by atoms with van der Waals surface area (Å²) < 4.78 is 0. The van der Waals surface area contributed by atoms with Crippen molar-refractivity contribution >= 4 is 17.4 Å². The Morgan fingerprint density at radius 3 is 2.47 bits per heavy atom. The molecule has 4 heteroatoms. The summed E-state index contributed by atoms with van der Waals surface area (Å²) in [6.45, 7) is 0. The Hall–Kier alpha value is -1.87. The van der Waals surface area contributed by atoms with Gasteiger partial charge in [0.2, 0.25) is 0 Å². The number of hydrogen-bond acceptors (Lipinski definition) is 2. The van der Waals surface area contributed by atoms with Crippen molar-refractivity contribution in [2.45, 2.75) is 5.38 Å². The third-order valence-electron chi connectivity index (χ3n) is 2.41. The highest BCUT2D eigenvalue weighted by Crippen LogP contribution is 2.23. The average molecular weight is 248 g/mol. The number of aromatic nitrogens is 1. The van der Waals surface area contributed by atoms with Gasteiger partial charge in [-0.05, 0) is 17.7 Å². The van der Waals surface area contributed by atoms with Gasteiger partial charge in [0.25, 0.3) is 5.56 Å². The lowest BCUT2D eigenvalue weighted by atomic mass is 10.0. The molecule has 1 aromatic carbocycles. The minimum atomic E-state index is -0.834. The summed E-state index contributed by atoms with van der Waals surface area (Å²) >= 11 is 6.06. The maximum Gasteiger partial charge on any atom is 0.258 e. The zero-order chi connectivity index (χ0) is 12.3. The molecule has 0 radical (unpaired) electrons. The van der Waals surface area contributed by atoms with Crippen molar-refractivity contribution in [2.75, 3.05) is 0 Å². The van der Waals surface area contributed by atoms with E-state index in [-0.39, 0.29) is 11.3 Å². The van der Waals surface area contributed by atoms with Gasteiger partial charge in [0.15, 0.2) is 5.78 Å². The molecule has 0 bridgehead atoms. The van der Waals surface area contributed by atoms with Crippen LogP contribution in [0.5, 0.6) is 0 Å². The molecule has 1 unspecified atom stereocenters. The molecule has 1 N–H and O–H groups in total. The second-order valence-electron chi connectivity index (χ2n) is 3.55. The number of carbonyl (C=O) groups excluding carboxylic acids is 1. The molecule has 0 amide bonds. The van der Waals surface area contributed by atoms with E-state index in [1.165, 1.54) is 12.3 Å². The number of pyridine rings is 1. The van der Waals surface area contributed by atoms with Crippen molar-refractivity contribution < 1.29 is 4.79 Å². The van der Waals surface area contributed by atoms with Gasteiger partial charge in [-0.3, -0.25) is 9.59 Å². The standard InChI is InChI=1S/C13H10ClNO2/c14-11(9-5-2-1-3-6-9)12(16)10-7-4-8-15-13(10)17/h1-8,11H,(H,15,17). The first-order chi connectivity index (χ1) is 8.20. The molecule has 0 aliphatic heterocycles. The van der Waals surface area contributed by atoms with Crippen LogP contribution in [-0.2, 0) is 0 Å². The van der Waals surface area contributed by atoms with Crippen molar-refractivity contribution in [3.63, 3.8) is 0 Å². The quantitative estimate of drug-likeness (QED) is 0.669. The topological polar surface area (TPSA) is 49.9 Å². The molecule has 0 saturated heterocycles. The van der Waals surface area contributed by atoms with Crippen LogP contribution in [0.4, 0.5) is 0 Å². The van der Waals surface area contributed by atoms with Crippen LogP contribution >= 0.6 is 11.6 Å². The molecule has 0 spiro atoms. The number of benzene rings is 1. The van der Waals surface area contributed by atoms with Crippen LogP contribution < -0.4 is 5.56 Å². The van der Waals surface area contributed by atoms with Crippen molar-refractivity contribution in [1.29, 1.82) is 0 Å². The van der Waals surface area contributed by atoms with E-state index in [1.807, 2.05) is 6.07 Å². The highest BCUT2D eigenvalue weighted by molar-refractivity contribution is 6.33. The zero-order valence-corrected chi connectivity index (χ0v) is 9.65. The molecule has 0 fully saturated rings. The van der Waals surface area contributed by atoms with Gasteiger partial charge < -0.3 is 4.98 Å². The number of H-pyrrole nitrogens is 1. The Kier molecular flexibility index (Phi) is 3.40. The minimum Gasteiger partial charge on any atom is -0.328 e. The van der Waals surface area contributed by atoms with Crippen LogP contribution in [0, 0.1) is 0 Å². The number of hydrogen-bond donors (Lipinski definition) is 1. The molecule has 1 heterocycles. The molecule has 1 atom stereocenters. The summed E-state index contributed by atoms with van der Waals surface area (Å²) in [5.74, 6) is -0.389. The summed E-state index contributed by atoms with van der Waals surface area (Å²) in [6.07, 6.45) is 1.48. The second-order valence-corrected chi connectivity index (χ2v) is 3.99. The van der Waals surface area contributed by atoms with E-state index in [0.717, 1.165) is 0 Å². The summed E-state index contributed by atoms with van der Waals surface area (Å²) in [5.41, 5.74) is 0.345. The summed E-state index contributed by atoms with van der Waals surface area (Å²) in [5, 5.41) is -0.834. The van der Waals surface area contributed by atoms with Crippen LogP contribution in [0.25, 0.3) is 0 Å². The lowest BCUT2D eigenvalue weighted by Gasteiger charge is -2.07. The molecule has 2 rings (SSSR count). The number of aromatic amines is 1. The van der Waals surface area contributed by atoms with Crippen molar-refractivity contribution in [3.8, 4) is 0 Å². The van der Waals surface area contributed by atoms with Gasteiger partial charge in [-0.1, -0.05) is 30.3 Å². The second kappa shape index (κ2) is 4.97. The largest absolute Gasteiger partial charge is 0.328 e. The monoisotopic (exact) mass is 247 g/mol. The molecular formula is C13H10ClNO2. The fourth-order valence-electron chi connectivity index (χ4n) is 1.53. The Balaban J connectivity index is 2.34. The molecule has 1 aromatic heterocycles. The fraction of sp³-hybridized carbons (Fsp3) is 0.0769. The molecule has 2 aromatic rings. The van der Waals surface area contributed by atoms with Crippen LogP contribution in [0.1, 0.15) is 21.3 Å². The van der Waals surface area contributed by atoms with Crippen LogP contribution in [0.2, 0.25) is 0 Å². The van der Waals surface area contributed by atoms with Gasteiger partial charge in [0.1, 0.15) is 5.38 Å². The van der Waals surface area contributed by atoms with E-state index in [9.17, 15) is 9.59 Å². The predicted molar refractivity (Wildman–Crippen MR) is 66.4 cm³/mol. The first kappa shape index (κ1) is 11.6. The molecule has 3 nitrogen and oxygen atoms in total. The lowest BCUT2D eigenvalue weighted by Crippen LogP contribution is -2.19. The Morgan fingerprint density at radius 2 is 1.82 bits per heavy atom. The van der Waals surface area contributed by atoms with Gasteiger partial charge in [0.05, 0.1) is 5.56 Å². The van der Waals surface area contributed by atoms with Gasteiger partial charge in [-0.2, -0.15) is 0 Å².